The standard InChI is InChI=1S/C33H40F3N5O15/c1-9-10-5-6-11(38-13(43)7-41(55-4)30-19(39-31(53)33(34,35)36)26(49)22(45)12(8-42)56-30)21(44)15(10)23(46)16-14(9)24(47)18-20(40(2)3)25(48)17(29(37)52)28(51)32(18,54)27(16)50/h5-6,9,12,14,18-20,22,24,26,30,42,44-47,49,51,54H,7-8H2,1-4H3,(H2,37,52)(H,38,43)(H,39,53)/t9-,12+,14+,18+,19+,20-,22+,24-,26+,30+,32-/m0/s1. The van der Waals surface area contributed by atoms with Gasteiger partial charge in [-0.2, -0.15) is 13.2 Å². The number of fused-ring (bicyclic) bond motifs is 3. The van der Waals surface area contributed by atoms with Gasteiger partial charge in [-0.15, -0.1) is 5.06 Å². The van der Waals surface area contributed by atoms with Gasteiger partial charge in [0.15, 0.2) is 17.6 Å². The number of nitrogens with zero attached hydrogens (tertiary/aromatic N) is 2. The lowest BCUT2D eigenvalue weighted by molar-refractivity contribution is -0.302. The first-order chi connectivity index (χ1) is 26.0. The fraction of sp³-hybridized carbons (Fsp3) is 0.545. The highest BCUT2D eigenvalue weighted by atomic mass is 19.4. The fourth-order valence-corrected chi connectivity index (χ4v) is 8.04. The second kappa shape index (κ2) is 15.0. The summed E-state index contributed by atoms with van der Waals surface area (Å²) in [6.45, 7) is -0.469. The van der Waals surface area contributed by atoms with Gasteiger partial charge in [-0.3, -0.25) is 33.7 Å². The Morgan fingerprint density at radius 2 is 1.68 bits per heavy atom. The van der Waals surface area contributed by atoms with Gasteiger partial charge >= 0.3 is 12.1 Å². The number of hydrogen-bond donors (Lipinski definition) is 11. The third kappa shape index (κ3) is 6.56. The van der Waals surface area contributed by atoms with E-state index in [4.69, 9.17) is 15.3 Å². The van der Waals surface area contributed by atoms with Crippen molar-refractivity contribution in [2.45, 2.75) is 67.3 Å². The Morgan fingerprint density at radius 3 is 2.21 bits per heavy atom. The van der Waals surface area contributed by atoms with E-state index in [0.29, 0.717) is 5.06 Å². The van der Waals surface area contributed by atoms with Gasteiger partial charge in [0.25, 0.3) is 5.91 Å². The van der Waals surface area contributed by atoms with Gasteiger partial charge in [0.2, 0.25) is 11.7 Å². The largest absolute Gasteiger partial charge is 0.508 e. The molecule has 0 aromatic heterocycles. The number of nitrogens with one attached hydrogen (secondary N) is 2. The highest BCUT2D eigenvalue weighted by molar-refractivity contribution is 6.24. The molecule has 20 nitrogen and oxygen atoms in total. The number of likely N-dealkylation sites (N-methyl/N-ethyl adjacent to an activating group) is 1. The molecule has 23 heteroatoms. The van der Waals surface area contributed by atoms with E-state index in [9.17, 15) is 78.0 Å². The van der Waals surface area contributed by atoms with Crippen molar-refractivity contribution in [1.82, 2.24) is 15.3 Å². The van der Waals surface area contributed by atoms with Crippen LogP contribution in [0.5, 0.6) is 5.75 Å². The quantitative estimate of drug-likeness (QED) is 0.0665. The molecule has 0 radical (unpaired) electrons. The molecular formula is C33H40F3N5O15. The van der Waals surface area contributed by atoms with Crippen LogP contribution in [0.1, 0.15) is 24.0 Å². The lowest BCUT2D eigenvalue weighted by Gasteiger charge is -2.53. The van der Waals surface area contributed by atoms with Crippen molar-refractivity contribution in [2.75, 3.05) is 39.7 Å². The highest BCUT2D eigenvalue weighted by Gasteiger charge is 2.68. The number of hydroxylamine groups is 2. The number of aliphatic hydroxyl groups is 7. The van der Waals surface area contributed by atoms with Crippen LogP contribution < -0.4 is 16.4 Å². The van der Waals surface area contributed by atoms with Crippen molar-refractivity contribution in [2.24, 2.45) is 17.6 Å². The summed E-state index contributed by atoms with van der Waals surface area (Å²) >= 11 is 0. The van der Waals surface area contributed by atoms with Gasteiger partial charge in [0.05, 0.1) is 49.1 Å². The molecule has 308 valence electrons. The summed E-state index contributed by atoms with van der Waals surface area (Å²) in [5, 5.41) is 92.3. The number of ether oxygens (including phenoxy) is 1. The Bertz CT molecular complexity index is 1910. The number of phenolic OH excluding ortho intramolecular Hbond substituents is 1. The SMILES string of the molecule is CON(CC(=O)Nc1ccc2c(c1O)C(O)=C1C(=O)[C@]3(O)C(O)=C(C(N)=O)C(=O)[C@@H](N(C)C)[C@@H]3[C@@H](O)[C@@H]1[C@H]2C)[C@@H]1O[C@H](CO)[C@@H](O)[C@H](O)[C@H]1NC(=O)C(F)(F)F. The molecule has 1 saturated carbocycles. The van der Waals surface area contributed by atoms with Gasteiger partial charge in [0.1, 0.15) is 47.7 Å². The number of rotatable bonds is 9. The number of amides is 3. The molecule has 11 atom stereocenters. The molecule has 4 aliphatic rings. The molecule has 3 aliphatic carbocycles. The van der Waals surface area contributed by atoms with Crippen LogP contribution >= 0.6 is 0 Å². The van der Waals surface area contributed by atoms with E-state index < -0.39 is 154 Å². The lowest BCUT2D eigenvalue weighted by Crippen LogP contribution is -2.70. The van der Waals surface area contributed by atoms with Crippen LogP contribution in [0.25, 0.3) is 5.76 Å². The Balaban J connectivity index is 1.50. The molecule has 1 aromatic rings. The van der Waals surface area contributed by atoms with Gasteiger partial charge in [0, 0.05) is 11.5 Å². The molecule has 56 heavy (non-hydrogen) atoms. The number of hydrogen-bond acceptors (Lipinski definition) is 17. The van der Waals surface area contributed by atoms with Gasteiger partial charge < -0.3 is 62.0 Å². The molecule has 1 saturated heterocycles. The van der Waals surface area contributed by atoms with E-state index in [2.05, 4.69) is 5.32 Å². The first-order valence-corrected chi connectivity index (χ1v) is 16.8. The monoisotopic (exact) mass is 803 g/mol. The van der Waals surface area contributed by atoms with Crippen LogP contribution in [0.3, 0.4) is 0 Å². The molecule has 2 fully saturated rings. The minimum Gasteiger partial charge on any atom is -0.508 e. The number of Topliss-reactive ketones (excluding diaryl/α,β-unsaturated/α-hetero) is 2. The zero-order valence-electron chi connectivity index (χ0n) is 29.9. The van der Waals surface area contributed by atoms with E-state index in [-0.39, 0.29) is 5.56 Å². The van der Waals surface area contributed by atoms with Crippen molar-refractivity contribution in [3.05, 3.63) is 40.2 Å². The van der Waals surface area contributed by atoms with E-state index in [1.165, 1.54) is 37.3 Å². The Hall–Kier alpha value is -4.72. The number of aromatic hydroxyl groups is 1. The Labute approximate surface area is 314 Å². The number of alkyl halides is 3. The normalized spacial score (nSPS) is 33.2. The number of nitrogens with two attached hydrogens (primary N) is 1. The van der Waals surface area contributed by atoms with E-state index in [1.54, 1.807) is 0 Å². The summed E-state index contributed by atoms with van der Waals surface area (Å²) in [4.78, 5) is 71.2. The Morgan fingerprint density at radius 1 is 1.05 bits per heavy atom. The van der Waals surface area contributed by atoms with Crippen LogP contribution in [0.4, 0.5) is 18.9 Å². The average Bonchev–Trinajstić information content (AvgIpc) is 3.11. The molecule has 0 bridgehead atoms. The number of benzene rings is 1. The smallest absolute Gasteiger partial charge is 0.471 e. The number of primary amides is 1. The average molecular weight is 804 g/mol. The van der Waals surface area contributed by atoms with E-state index >= 15 is 0 Å². The summed E-state index contributed by atoms with van der Waals surface area (Å²) in [5.41, 5.74) is -0.486. The predicted octanol–water partition coefficient (Wildman–Crippen LogP) is -3.22. The minimum absolute atomic E-state index is 0.102. The van der Waals surface area contributed by atoms with Gasteiger partial charge in [-0.05, 0) is 31.6 Å². The molecule has 1 heterocycles. The zero-order valence-corrected chi connectivity index (χ0v) is 29.9. The predicted molar refractivity (Wildman–Crippen MR) is 178 cm³/mol. The Kier molecular flexibility index (Phi) is 11.3. The summed E-state index contributed by atoms with van der Waals surface area (Å²) in [6, 6.07) is -1.21. The van der Waals surface area contributed by atoms with Crippen molar-refractivity contribution < 1.29 is 87.6 Å². The van der Waals surface area contributed by atoms with Crippen LogP contribution in [0.15, 0.2) is 29.0 Å². The number of phenols is 1. The third-order valence-electron chi connectivity index (χ3n) is 10.7. The first-order valence-electron chi connectivity index (χ1n) is 16.8. The fourth-order valence-electron chi connectivity index (χ4n) is 8.04. The summed E-state index contributed by atoms with van der Waals surface area (Å²) < 4.78 is 44.7. The summed E-state index contributed by atoms with van der Waals surface area (Å²) in [5.74, 6) is -15.1. The molecule has 1 aromatic carbocycles. The van der Waals surface area contributed by atoms with E-state index in [0.717, 1.165) is 13.2 Å². The van der Waals surface area contributed by atoms with Crippen LogP contribution in [-0.4, -0.2) is 169 Å². The number of carbonyl (C=O) groups is 5. The number of carbonyl (C=O) groups excluding carboxylic acids is 5. The van der Waals surface area contributed by atoms with Crippen molar-refractivity contribution >= 4 is 40.7 Å². The van der Waals surface area contributed by atoms with Crippen LogP contribution in [0, 0.1) is 11.8 Å². The minimum atomic E-state index is -5.45. The topological polar surface area (TPSA) is 322 Å². The zero-order chi connectivity index (χ0) is 42.1. The second-order valence-corrected chi connectivity index (χ2v) is 14.0. The maximum Gasteiger partial charge on any atom is 0.471 e. The van der Waals surface area contributed by atoms with E-state index in [1.807, 2.05) is 0 Å². The highest BCUT2D eigenvalue weighted by Crippen LogP contribution is 2.56. The maximum absolute atomic E-state index is 14.2. The molecule has 0 unspecified atom stereocenters. The number of aliphatic hydroxyl groups excluding tert-OH is 6. The van der Waals surface area contributed by atoms with Crippen LogP contribution in [-0.2, 0) is 33.5 Å². The maximum atomic E-state index is 14.2. The molecule has 12 N–H and O–H groups in total. The van der Waals surface area contributed by atoms with Crippen molar-refractivity contribution in [3.63, 3.8) is 0 Å². The summed E-state index contributed by atoms with van der Waals surface area (Å²) in [7, 11) is 3.64. The van der Waals surface area contributed by atoms with Gasteiger partial charge in [-0.25, -0.2) is 0 Å². The lowest BCUT2D eigenvalue weighted by atomic mass is 9.54. The molecule has 0 spiro atoms. The first kappa shape index (κ1) is 42.4. The molecule has 1 aliphatic heterocycles. The van der Waals surface area contributed by atoms with Crippen LogP contribution in [0.2, 0.25) is 0 Å². The number of anilines is 1. The molecular weight excluding hydrogens is 763 g/mol. The van der Waals surface area contributed by atoms with Crippen molar-refractivity contribution in [1.29, 1.82) is 0 Å². The van der Waals surface area contributed by atoms with Gasteiger partial charge in [-0.1, -0.05) is 13.0 Å². The number of ketones is 2. The summed E-state index contributed by atoms with van der Waals surface area (Å²) in [6.07, 6.45) is -15.1. The molecule has 3 amide bonds. The molecule has 5 rings (SSSR count). The van der Waals surface area contributed by atoms with Crippen molar-refractivity contribution in [3.8, 4) is 5.75 Å². The second-order valence-electron chi connectivity index (χ2n) is 14.0. The third-order valence-corrected chi connectivity index (χ3v) is 10.7. The number of halogens is 3.